The molecule has 0 aliphatic carbocycles. The Morgan fingerprint density at radius 1 is 1.25 bits per heavy atom. The Morgan fingerprint density at radius 3 is 2.71 bits per heavy atom. The van der Waals surface area contributed by atoms with Crippen LogP contribution in [-0.2, 0) is 9.53 Å². The third-order valence-corrected chi connectivity index (χ3v) is 3.72. The van der Waals surface area contributed by atoms with Crippen molar-refractivity contribution in [3.8, 4) is 11.4 Å². The topological polar surface area (TPSA) is 84.4 Å². The molecule has 1 aromatic heterocycles. The summed E-state index contributed by atoms with van der Waals surface area (Å²) in [5, 5.41) is 2.80. The molecule has 2 heterocycles. The highest BCUT2D eigenvalue weighted by atomic mass is 16.5. The van der Waals surface area contributed by atoms with E-state index in [1.54, 1.807) is 17.2 Å². The summed E-state index contributed by atoms with van der Waals surface area (Å²) >= 11 is 0. The highest BCUT2D eigenvalue weighted by Gasteiger charge is 2.32. The molecule has 2 amide bonds. The third kappa shape index (κ3) is 3.57. The van der Waals surface area contributed by atoms with Crippen molar-refractivity contribution >= 4 is 11.8 Å². The van der Waals surface area contributed by atoms with Crippen molar-refractivity contribution < 1.29 is 14.3 Å². The molecular formula is C17H18N4O3. The van der Waals surface area contributed by atoms with Gasteiger partial charge in [0.15, 0.2) is 5.82 Å². The molecule has 2 aromatic rings. The zero-order chi connectivity index (χ0) is 16.9. The van der Waals surface area contributed by atoms with Gasteiger partial charge in [-0.1, -0.05) is 30.3 Å². The lowest BCUT2D eigenvalue weighted by molar-refractivity contribution is -0.126. The highest BCUT2D eigenvalue weighted by Crippen LogP contribution is 2.16. The zero-order valence-electron chi connectivity index (χ0n) is 13.3. The van der Waals surface area contributed by atoms with Gasteiger partial charge in [0.05, 0.1) is 6.04 Å². The molecule has 1 fully saturated rings. The molecule has 0 spiro atoms. The summed E-state index contributed by atoms with van der Waals surface area (Å²) < 4.78 is 4.76. The second-order valence-electron chi connectivity index (χ2n) is 5.54. The zero-order valence-corrected chi connectivity index (χ0v) is 13.3. The normalized spacial score (nSPS) is 14.1. The van der Waals surface area contributed by atoms with Crippen molar-refractivity contribution in [3.63, 3.8) is 0 Å². The van der Waals surface area contributed by atoms with E-state index in [0.29, 0.717) is 24.6 Å². The number of hydrogen-bond donors (Lipinski definition) is 1. The van der Waals surface area contributed by atoms with Crippen molar-refractivity contribution in [1.29, 1.82) is 0 Å². The first kappa shape index (κ1) is 16.1. The van der Waals surface area contributed by atoms with Crippen molar-refractivity contribution in [1.82, 2.24) is 20.2 Å². The average molecular weight is 326 g/mol. The van der Waals surface area contributed by atoms with Crippen molar-refractivity contribution in [2.75, 3.05) is 26.8 Å². The van der Waals surface area contributed by atoms with Gasteiger partial charge in [-0.05, 0) is 6.07 Å². The fourth-order valence-corrected chi connectivity index (χ4v) is 2.50. The molecule has 1 saturated heterocycles. The summed E-state index contributed by atoms with van der Waals surface area (Å²) in [7, 11) is 1.47. The van der Waals surface area contributed by atoms with Crippen molar-refractivity contribution in [3.05, 3.63) is 48.3 Å². The molecule has 1 aromatic carbocycles. The van der Waals surface area contributed by atoms with Crippen LogP contribution in [0.25, 0.3) is 11.4 Å². The number of rotatable bonds is 5. The molecular weight excluding hydrogens is 308 g/mol. The van der Waals surface area contributed by atoms with E-state index in [1.807, 2.05) is 30.3 Å². The van der Waals surface area contributed by atoms with Crippen molar-refractivity contribution in [2.24, 2.45) is 0 Å². The molecule has 1 N–H and O–H groups in total. The van der Waals surface area contributed by atoms with E-state index in [4.69, 9.17) is 4.74 Å². The molecule has 7 heteroatoms. The third-order valence-electron chi connectivity index (χ3n) is 3.72. The monoisotopic (exact) mass is 326 g/mol. The molecule has 0 radical (unpaired) electrons. The minimum atomic E-state index is -0.178. The van der Waals surface area contributed by atoms with E-state index in [2.05, 4.69) is 15.3 Å². The predicted molar refractivity (Wildman–Crippen MR) is 87.2 cm³/mol. The van der Waals surface area contributed by atoms with E-state index in [-0.39, 0.29) is 24.5 Å². The second-order valence-corrected chi connectivity index (χ2v) is 5.54. The number of methoxy groups -OCH3 is 1. The van der Waals surface area contributed by atoms with Gasteiger partial charge in [0, 0.05) is 32.0 Å². The van der Waals surface area contributed by atoms with Gasteiger partial charge in [0.2, 0.25) is 5.91 Å². The minimum Gasteiger partial charge on any atom is -0.375 e. The van der Waals surface area contributed by atoms with Gasteiger partial charge in [0.25, 0.3) is 5.91 Å². The minimum absolute atomic E-state index is 0.0246. The molecule has 3 rings (SSSR count). The number of likely N-dealkylation sites (tertiary alicyclic amines) is 1. The fraction of sp³-hybridized carbons (Fsp3) is 0.294. The number of nitrogens with zero attached hydrogens (tertiary/aromatic N) is 3. The van der Waals surface area contributed by atoms with Crippen LogP contribution in [0.4, 0.5) is 0 Å². The number of carbonyl (C=O) groups excluding carboxylic acids is 2. The van der Waals surface area contributed by atoms with Gasteiger partial charge in [-0.2, -0.15) is 0 Å². The molecule has 24 heavy (non-hydrogen) atoms. The lowest BCUT2D eigenvalue weighted by atomic mass is 10.1. The molecule has 0 saturated carbocycles. The molecule has 0 atom stereocenters. The lowest BCUT2D eigenvalue weighted by Gasteiger charge is -2.39. The Hall–Kier alpha value is -2.80. The lowest BCUT2D eigenvalue weighted by Crippen LogP contribution is -2.61. The maximum absolute atomic E-state index is 12.5. The van der Waals surface area contributed by atoms with E-state index < -0.39 is 0 Å². The summed E-state index contributed by atoms with van der Waals surface area (Å²) in [6.07, 6.45) is 1.58. The van der Waals surface area contributed by atoms with E-state index >= 15 is 0 Å². The van der Waals surface area contributed by atoms with Gasteiger partial charge in [-0.25, -0.2) is 9.97 Å². The number of ether oxygens (including phenoxy) is 1. The summed E-state index contributed by atoms with van der Waals surface area (Å²) in [6.45, 7) is 0.967. The van der Waals surface area contributed by atoms with E-state index in [1.165, 1.54) is 7.11 Å². The SMILES string of the molecule is COCC(=O)NC1CN(C(=O)c2ccnc(-c3ccccc3)n2)C1. The maximum Gasteiger partial charge on any atom is 0.272 e. The van der Waals surface area contributed by atoms with Crippen LogP contribution >= 0.6 is 0 Å². The molecule has 7 nitrogen and oxygen atoms in total. The highest BCUT2D eigenvalue weighted by molar-refractivity contribution is 5.93. The summed E-state index contributed by atoms with van der Waals surface area (Å²) in [4.78, 5) is 34.1. The summed E-state index contributed by atoms with van der Waals surface area (Å²) in [5.74, 6) is 0.182. The first-order valence-electron chi connectivity index (χ1n) is 7.63. The Labute approximate surface area is 139 Å². The Bertz CT molecular complexity index is 730. The number of nitrogens with one attached hydrogen (secondary N) is 1. The molecule has 0 unspecified atom stereocenters. The van der Waals surface area contributed by atoms with Gasteiger partial charge in [-0.15, -0.1) is 0 Å². The van der Waals surface area contributed by atoms with Gasteiger partial charge < -0.3 is 15.0 Å². The molecule has 1 aliphatic heterocycles. The van der Waals surface area contributed by atoms with Crippen LogP contribution in [0.5, 0.6) is 0 Å². The number of aromatic nitrogens is 2. The predicted octanol–water partition coefficient (Wildman–Crippen LogP) is 0.731. The number of carbonyl (C=O) groups is 2. The molecule has 0 bridgehead atoms. The van der Waals surface area contributed by atoms with Crippen LogP contribution in [0.1, 0.15) is 10.5 Å². The fourth-order valence-electron chi connectivity index (χ4n) is 2.50. The standard InChI is InChI=1S/C17H18N4O3/c1-24-11-15(22)19-13-9-21(10-13)17(23)14-7-8-18-16(20-14)12-5-3-2-4-6-12/h2-8,13H,9-11H2,1H3,(H,19,22). The smallest absolute Gasteiger partial charge is 0.272 e. The summed E-state index contributed by atoms with van der Waals surface area (Å²) in [6, 6.07) is 11.1. The van der Waals surface area contributed by atoms with Gasteiger partial charge >= 0.3 is 0 Å². The first-order valence-corrected chi connectivity index (χ1v) is 7.63. The van der Waals surface area contributed by atoms with Crippen LogP contribution < -0.4 is 5.32 Å². The van der Waals surface area contributed by atoms with E-state index in [9.17, 15) is 9.59 Å². The first-order chi connectivity index (χ1) is 11.7. The Morgan fingerprint density at radius 2 is 2.00 bits per heavy atom. The number of amides is 2. The average Bonchev–Trinajstić information content (AvgIpc) is 2.58. The maximum atomic E-state index is 12.5. The largest absolute Gasteiger partial charge is 0.375 e. The Kier molecular flexibility index (Phi) is 4.81. The summed E-state index contributed by atoms with van der Waals surface area (Å²) in [5.41, 5.74) is 1.21. The van der Waals surface area contributed by atoms with Gasteiger partial charge in [-0.3, -0.25) is 9.59 Å². The number of hydrogen-bond acceptors (Lipinski definition) is 5. The van der Waals surface area contributed by atoms with Crippen LogP contribution in [0.2, 0.25) is 0 Å². The van der Waals surface area contributed by atoms with Crippen LogP contribution in [-0.4, -0.2) is 59.5 Å². The second kappa shape index (κ2) is 7.18. The van der Waals surface area contributed by atoms with Crippen LogP contribution in [0.3, 0.4) is 0 Å². The number of benzene rings is 1. The van der Waals surface area contributed by atoms with Gasteiger partial charge in [0.1, 0.15) is 12.3 Å². The van der Waals surface area contributed by atoms with Crippen LogP contribution in [0, 0.1) is 0 Å². The van der Waals surface area contributed by atoms with Crippen molar-refractivity contribution in [2.45, 2.75) is 6.04 Å². The van der Waals surface area contributed by atoms with Crippen LogP contribution in [0.15, 0.2) is 42.6 Å². The molecule has 124 valence electrons. The Balaban J connectivity index is 1.62. The quantitative estimate of drug-likeness (QED) is 0.876. The van der Waals surface area contributed by atoms with E-state index in [0.717, 1.165) is 5.56 Å². The molecule has 1 aliphatic rings.